The molecule has 0 aromatic heterocycles. The Morgan fingerprint density at radius 2 is 1.96 bits per heavy atom. The Kier molecular flexibility index (Phi) is 6.32. The van der Waals surface area contributed by atoms with E-state index in [-0.39, 0.29) is 12.1 Å². The van der Waals surface area contributed by atoms with Crippen molar-refractivity contribution in [3.8, 4) is 5.75 Å². The van der Waals surface area contributed by atoms with E-state index in [4.69, 9.17) is 9.47 Å². The van der Waals surface area contributed by atoms with Crippen LogP contribution in [-0.4, -0.2) is 56.4 Å². The average molecular weight is 333 g/mol. The van der Waals surface area contributed by atoms with Gasteiger partial charge in [-0.05, 0) is 37.8 Å². The number of anilines is 1. The van der Waals surface area contributed by atoms with Crippen LogP contribution in [0.1, 0.15) is 25.7 Å². The lowest BCUT2D eigenvalue weighted by Gasteiger charge is -2.26. The fourth-order valence-electron chi connectivity index (χ4n) is 3.18. The molecule has 0 atom stereocenters. The van der Waals surface area contributed by atoms with Crippen molar-refractivity contribution in [2.24, 2.45) is 0 Å². The fraction of sp³-hybridized carbons (Fsp3) is 0.611. The summed E-state index contributed by atoms with van der Waals surface area (Å²) in [6, 6.07) is 7.45. The van der Waals surface area contributed by atoms with Crippen LogP contribution >= 0.6 is 0 Å². The molecule has 24 heavy (non-hydrogen) atoms. The van der Waals surface area contributed by atoms with Crippen molar-refractivity contribution in [3.63, 3.8) is 0 Å². The van der Waals surface area contributed by atoms with Crippen LogP contribution in [0.15, 0.2) is 24.3 Å². The molecule has 1 heterocycles. The topological polar surface area (TPSA) is 62.8 Å². The van der Waals surface area contributed by atoms with E-state index in [0.29, 0.717) is 6.54 Å². The number of rotatable bonds is 6. The molecule has 132 valence electrons. The Balaban J connectivity index is 1.45. The largest absolute Gasteiger partial charge is 0.488 e. The Bertz CT molecular complexity index is 526. The summed E-state index contributed by atoms with van der Waals surface area (Å²) in [4.78, 5) is 14.4. The number of carbonyl (C=O) groups is 1. The number of benzene rings is 1. The molecule has 2 aliphatic rings. The molecule has 6 nitrogen and oxygen atoms in total. The van der Waals surface area contributed by atoms with Crippen LogP contribution in [0.4, 0.5) is 10.5 Å². The van der Waals surface area contributed by atoms with Gasteiger partial charge < -0.3 is 20.1 Å². The summed E-state index contributed by atoms with van der Waals surface area (Å²) in [7, 11) is 0. The highest BCUT2D eigenvalue weighted by Gasteiger charge is 2.18. The van der Waals surface area contributed by atoms with Gasteiger partial charge in [0.15, 0.2) is 0 Å². The van der Waals surface area contributed by atoms with Crippen LogP contribution in [0.25, 0.3) is 0 Å². The quantitative estimate of drug-likeness (QED) is 0.839. The normalized spacial score (nSPS) is 19.2. The molecule has 0 spiro atoms. The van der Waals surface area contributed by atoms with Gasteiger partial charge in [0, 0.05) is 26.2 Å². The lowest BCUT2D eigenvalue weighted by atomic mass is 10.2. The molecule has 0 bridgehead atoms. The van der Waals surface area contributed by atoms with E-state index in [0.717, 1.165) is 57.1 Å². The molecule has 1 aliphatic heterocycles. The molecular weight excluding hydrogens is 306 g/mol. The minimum absolute atomic E-state index is 0.189. The second-order valence-corrected chi connectivity index (χ2v) is 6.36. The molecule has 1 aromatic rings. The molecule has 1 aromatic carbocycles. The van der Waals surface area contributed by atoms with Gasteiger partial charge in [-0.2, -0.15) is 0 Å². The number of nitrogens with zero attached hydrogens (tertiary/aromatic N) is 1. The molecule has 0 radical (unpaired) electrons. The van der Waals surface area contributed by atoms with Gasteiger partial charge >= 0.3 is 6.03 Å². The van der Waals surface area contributed by atoms with Gasteiger partial charge in [-0.15, -0.1) is 0 Å². The summed E-state index contributed by atoms with van der Waals surface area (Å²) >= 11 is 0. The van der Waals surface area contributed by atoms with Crippen LogP contribution in [0, 0.1) is 0 Å². The van der Waals surface area contributed by atoms with E-state index in [1.54, 1.807) is 0 Å². The monoisotopic (exact) mass is 333 g/mol. The highest BCUT2D eigenvalue weighted by Crippen LogP contribution is 2.29. The van der Waals surface area contributed by atoms with Gasteiger partial charge in [0.05, 0.1) is 25.0 Å². The summed E-state index contributed by atoms with van der Waals surface area (Å²) in [5.74, 6) is 0.757. The summed E-state index contributed by atoms with van der Waals surface area (Å²) in [6.45, 7) is 4.88. The van der Waals surface area contributed by atoms with Gasteiger partial charge in [-0.3, -0.25) is 4.90 Å². The number of carbonyl (C=O) groups excluding carboxylic acids is 1. The minimum atomic E-state index is -0.189. The minimum Gasteiger partial charge on any atom is -0.488 e. The molecular formula is C18H27N3O3. The number of ether oxygens (including phenoxy) is 2. The number of nitrogens with one attached hydrogen (secondary N) is 2. The van der Waals surface area contributed by atoms with E-state index in [1.807, 2.05) is 24.3 Å². The first-order chi connectivity index (χ1) is 11.8. The van der Waals surface area contributed by atoms with Crippen molar-refractivity contribution in [2.45, 2.75) is 31.8 Å². The van der Waals surface area contributed by atoms with Gasteiger partial charge in [-0.1, -0.05) is 12.1 Å². The van der Waals surface area contributed by atoms with Crippen LogP contribution < -0.4 is 15.4 Å². The molecule has 2 amide bonds. The highest BCUT2D eigenvalue weighted by atomic mass is 16.5. The van der Waals surface area contributed by atoms with E-state index in [2.05, 4.69) is 15.5 Å². The molecule has 6 heteroatoms. The van der Waals surface area contributed by atoms with E-state index >= 15 is 0 Å². The van der Waals surface area contributed by atoms with Crippen molar-refractivity contribution in [1.82, 2.24) is 10.2 Å². The second-order valence-electron chi connectivity index (χ2n) is 6.36. The van der Waals surface area contributed by atoms with E-state index < -0.39 is 0 Å². The molecule has 0 unspecified atom stereocenters. The summed E-state index contributed by atoms with van der Waals surface area (Å²) in [5, 5.41) is 5.82. The Hall–Kier alpha value is -1.79. The third-order valence-electron chi connectivity index (χ3n) is 4.55. The number of hydrogen-bond donors (Lipinski definition) is 2. The first-order valence-electron chi connectivity index (χ1n) is 8.92. The number of hydrogen-bond acceptors (Lipinski definition) is 4. The molecule has 2 N–H and O–H groups in total. The van der Waals surface area contributed by atoms with Crippen LogP contribution in [0.2, 0.25) is 0 Å². The summed E-state index contributed by atoms with van der Waals surface area (Å²) in [6.07, 6.45) is 4.92. The number of urea groups is 1. The number of para-hydroxylation sites is 2. The van der Waals surface area contributed by atoms with E-state index in [9.17, 15) is 4.79 Å². The zero-order valence-electron chi connectivity index (χ0n) is 14.1. The van der Waals surface area contributed by atoms with Gasteiger partial charge in [0.1, 0.15) is 5.75 Å². The van der Waals surface area contributed by atoms with Gasteiger partial charge in [0.25, 0.3) is 0 Å². The first-order valence-corrected chi connectivity index (χ1v) is 8.92. The Labute approximate surface area is 143 Å². The van der Waals surface area contributed by atoms with Crippen molar-refractivity contribution in [3.05, 3.63) is 24.3 Å². The van der Waals surface area contributed by atoms with Crippen molar-refractivity contribution >= 4 is 11.7 Å². The maximum absolute atomic E-state index is 12.1. The molecule has 1 saturated carbocycles. The fourth-order valence-corrected chi connectivity index (χ4v) is 3.18. The number of amides is 2. The third-order valence-corrected chi connectivity index (χ3v) is 4.55. The highest BCUT2D eigenvalue weighted by molar-refractivity contribution is 5.90. The summed E-state index contributed by atoms with van der Waals surface area (Å²) < 4.78 is 11.4. The zero-order chi connectivity index (χ0) is 16.6. The first kappa shape index (κ1) is 17.0. The van der Waals surface area contributed by atoms with Crippen LogP contribution in [0.3, 0.4) is 0 Å². The maximum Gasteiger partial charge on any atom is 0.319 e. The number of morpholine rings is 1. The standard InChI is InChI=1S/C18H27N3O3/c22-18(19-9-10-21-11-13-23-14-12-21)20-16-7-3-4-8-17(16)24-15-5-1-2-6-15/h3-4,7-8,15H,1-2,5-6,9-14H2,(H2,19,20,22). The lowest BCUT2D eigenvalue weighted by Crippen LogP contribution is -2.42. The Morgan fingerprint density at radius 1 is 1.21 bits per heavy atom. The smallest absolute Gasteiger partial charge is 0.319 e. The molecule has 2 fully saturated rings. The van der Waals surface area contributed by atoms with Gasteiger partial charge in [0.2, 0.25) is 0 Å². The zero-order valence-corrected chi connectivity index (χ0v) is 14.1. The molecule has 1 saturated heterocycles. The van der Waals surface area contributed by atoms with Crippen molar-refractivity contribution in [1.29, 1.82) is 0 Å². The SMILES string of the molecule is O=C(NCCN1CCOCC1)Nc1ccccc1OC1CCCC1. The van der Waals surface area contributed by atoms with Crippen molar-refractivity contribution in [2.75, 3.05) is 44.7 Å². The second kappa shape index (κ2) is 8.89. The maximum atomic E-state index is 12.1. The van der Waals surface area contributed by atoms with Crippen LogP contribution in [-0.2, 0) is 4.74 Å². The Morgan fingerprint density at radius 3 is 2.75 bits per heavy atom. The molecule has 1 aliphatic carbocycles. The summed E-state index contributed by atoms with van der Waals surface area (Å²) in [5.41, 5.74) is 0.730. The van der Waals surface area contributed by atoms with Gasteiger partial charge in [-0.25, -0.2) is 4.79 Å². The average Bonchev–Trinajstić information content (AvgIpc) is 3.11. The van der Waals surface area contributed by atoms with E-state index in [1.165, 1.54) is 12.8 Å². The van der Waals surface area contributed by atoms with Crippen molar-refractivity contribution < 1.29 is 14.3 Å². The third kappa shape index (κ3) is 5.11. The predicted octanol–water partition coefficient (Wildman–Crippen LogP) is 2.46. The van der Waals surface area contributed by atoms with Crippen LogP contribution in [0.5, 0.6) is 5.75 Å². The molecule has 3 rings (SSSR count). The lowest BCUT2D eigenvalue weighted by molar-refractivity contribution is 0.0388. The predicted molar refractivity (Wildman–Crippen MR) is 93.6 cm³/mol.